The lowest BCUT2D eigenvalue weighted by molar-refractivity contribution is -0.118. The summed E-state index contributed by atoms with van der Waals surface area (Å²) in [4.78, 5) is 13.1. The van der Waals surface area contributed by atoms with E-state index >= 15 is 0 Å². The zero-order valence-electron chi connectivity index (χ0n) is 15.1. The van der Waals surface area contributed by atoms with E-state index in [1.54, 1.807) is 0 Å². The smallest absolute Gasteiger partial charge is 0.235 e. The van der Waals surface area contributed by atoms with Crippen LogP contribution in [0.4, 0.5) is 5.69 Å². The van der Waals surface area contributed by atoms with E-state index < -0.39 is 5.41 Å². The average Bonchev–Trinajstić information content (AvgIpc) is 3.44. The molecule has 0 bridgehead atoms. The van der Waals surface area contributed by atoms with Crippen molar-refractivity contribution < 1.29 is 19.0 Å². The van der Waals surface area contributed by atoms with Crippen molar-refractivity contribution in [2.75, 3.05) is 18.5 Å². The number of para-hydroxylation sites is 2. The highest BCUT2D eigenvalue weighted by molar-refractivity contribution is 6.02. The van der Waals surface area contributed by atoms with Gasteiger partial charge in [0, 0.05) is 0 Å². The Balaban J connectivity index is 1.57. The molecule has 5 nitrogen and oxygen atoms in total. The van der Waals surface area contributed by atoms with Gasteiger partial charge in [-0.15, -0.1) is 0 Å². The molecule has 1 aliphatic carbocycles. The maximum Gasteiger partial charge on any atom is 0.235 e. The summed E-state index contributed by atoms with van der Waals surface area (Å²) in [5.74, 6) is 2.14. The van der Waals surface area contributed by atoms with Crippen LogP contribution in [0.1, 0.15) is 32.3 Å². The molecule has 2 aliphatic rings. The van der Waals surface area contributed by atoms with E-state index in [1.165, 1.54) is 0 Å². The predicted molar refractivity (Wildman–Crippen MR) is 99.2 cm³/mol. The van der Waals surface area contributed by atoms with Crippen molar-refractivity contribution in [1.82, 2.24) is 0 Å². The summed E-state index contributed by atoms with van der Waals surface area (Å²) in [7, 11) is 0. The van der Waals surface area contributed by atoms with Crippen LogP contribution >= 0.6 is 0 Å². The molecule has 26 heavy (non-hydrogen) atoms. The molecule has 2 aromatic carbocycles. The van der Waals surface area contributed by atoms with Gasteiger partial charge < -0.3 is 19.5 Å². The molecule has 1 fully saturated rings. The lowest BCUT2D eigenvalue weighted by Crippen LogP contribution is -2.28. The topological polar surface area (TPSA) is 56.8 Å². The van der Waals surface area contributed by atoms with Crippen LogP contribution in [0.3, 0.4) is 0 Å². The number of fused-ring (bicyclic) bond motifs is 1. The Bertz CT molecular complexity index is 827. The third-order valence-electron chi connectivity index (χ3n) is 4.78. The minimum Gasteiger partial charge on any atom is -0.489 e. The third kappa shape index (κ3) is 3.09. The highest BCUT2D eigenvalue weighted by atomic mass is 16.6. The third-order valence-corrected chi connectivity index (χ3v) is 4.78. The van der Waals surface area contributed by atoms with E-state index in [4.69, 9.17) is 14.2 Å². The molecule has 1 amide bonds. The van der Waals surface area contributed by atoms with Crippen molar-refractivity contribution in [2.45, 2.75) is 38.2 Å². The monoisotopic (exact) mass is 353 g/mol. The van der Waals surface area contributed by atoms with Crippen LogP contribution in [0.5, 0.6) is 17.2 Å². The second-order valence-corrected chi connectivity index (χ2v) is 7.06. The van der Waals surface area contributed by atoms with Crippen LogP contribution in [0, 0.1) is 0 Å². The Labute approximate surface area is 153 Å². The number of carbonyl (C=O) groups is 1. The van der Waals surface area contributed by atoms with Gasteiger partial charge in [0.25, 0.3) is 0 Å². The van der Waals surface area contributed by atoms with E-state index in [0.29, 0.717) is 24.7 Å². The summed E-state index contributed by atoms with van der Waals surface area (Å²) in [6.07, 6.45) is 1.69. The standard InChI is InChI=1S/C21H23NO4/c1-14(2)26-17-6-4-3-5-16(17)22-20(23)21(9-10-21)15-7-8-18-19(13-15)25-12-11-24-18/h3-8,13-14H,9-12H2,1-2H3,(H,22,23). The largest absolute Gasteiger partial charge is 0.489 e. The highest BCUT2D eigenvalue weighted by Crippen LogP contribution is 2.51. The van der Waals surface area contributed by atoms with Crippen LogP contribution in [-0.2, 0) is 10.2 Å². The minimum absolute atomic E-state index is 0.00557. The Morgan fingerprint density at radius 2 is 1.81 bits per heavy atom. The Hall–Kier alpha value is -2.69. The van der Waals surface area contributed by atoms with Gasteiger partial charge in [-0.2, -0.15) is 0 Å². The molecule has 136 valence electrons. The molecular weight excluding hydrogens is 330 g/mol. The van der Waals surface area contributed by atoms with E-state index in [2.05, 4.69) is 5.32 Å². The molecule has 0 radical (unpaired) electrons. The number of hydrogen-bond donors (Lipinski definition) is 1. The first kappa shape index (κ1) is 16.8. The average molecular weight is 353 g/mol. The second kappa shape index (κ2) is 6.56. The van der Waals surface area contributed by atoms with Gasteiger partial charge in [-0.3, -0.25) is 4.79 Å². The molecule has 1 heterocycles. The number of anilines is 1. The molecule has 1 N–H and O–H groups in total. The Morgan fingerprint density at radius 3 is 2.54 bits per heavy atom. The maximum atomic E-state index is 13.1. The molecule has 0 unspecified atom stereocenters. The molecule has 1 saturated carbocycles. The fourth-order valence-corrected chi connectivity index (χ4v) is 3.28. The zero-order valence-corrected chi connectivity index (χ0v) is 15.1. The predicted octanol–water partition coefficient (Wildman–Crippen LogP) is 3.92. The molecule has 0 atom stereocenters. The number of rotatable bonds is 5. The van der Waals surface area contributed by atoms with Crippen molar-refractivity contribution in [3.05, 3.63) is 48.0 Å². The van der Waals surface area contributed by atoms with Gasteiger partial charge in [-0.05, 0) is 56.5 Å². The molecule has 0 saturated heterocycles. The first-order chi connectivity index (χ1) is 12.6. The molecule has 5 heteroatoms. The summed E-state index contributed by atoms with van der Waals surface area (Å²) in [5.41, 5.74) is 1.18. The summed E-state index contributed by atoms with van der Waals surface area (Å²) < 4.78 is 17.1. The normalized spacial score (nSPS) is 16.9. The van der Waals surface area contributed by atoms with Gasteiger partial charge in [-0.1, -0.05) is 18.2 Å². The first-order valence-corrected chi connectivity index (χ1v) is 9.06. The van der Waals surface area contributed by atoms with Crippen LogP contribution < -0.4 is 19.5 Å². The summed E-state index contributed by atoms with van der Waals surface area (Å²) in [5, 5.41) is 3.06. The summed E-state index contributed by atoms with van der Waals surface area (Å²) in [6, 6.07) is 13.4. The van der Waals surface area contributed by atoms with Gasteiger partial charge in [0.15, 0.2) is 11.5 Å². The number of benzene rings is 2. The zero-order chi connectivity index (χ0) is 18.1. The number of carbonyl (C=O) groups excluding carboxylic acids is 1. The van der Waals surface area contributed by atoms with Gasteiger partial charge in [0.1, 0.15) is 19.0 Å². The van der Waals surface area contributed by atoms with Gasteiger partial charge in [-0.25, -0.2) is 0 Å². The fraction of sp³-hybridized carbons (Fsp3) is 0.381. The molecule has 1 aliphatic heterocycles. The fourth-order valence-electron chi connectivity index (χ4n) is 3.28. The summed E-state index contributed by atoms with van der Waals surface area (Å²) >= 11 is 0. The molecule has 0 spiro atoms. The van der Waals surface area contributed by atoms with Crippen LogP contribution in [-0.4, -0.2) is 25.2 Å². The van der Waals surface area contributed by atoms with Gasteiger partial charge >= 0.3 is 0 Å². The highest BCUT2D eigenvalue weighted by Gasteiger charge is 2.51. The van der Waals surface area contributed by atoms with Crippen molar-refractivity contribution in [1.29, 1.82) is 0 Å². The quantitative estimate of drug-likeness (QED) is 0.885. The van der Waals surface area contributed by atoms with Crippen molar-refractivity contribution in [3.8, 4) is 17.2 Å². The van der Waals surface area contributed by atoms with E-state index in [9.17, 15) is 4.79 Å². The van der Waals surface area contributed by atoms with E-state index in [1.807, 2.05) is 56.3 Å². The lowest BCUT2D eigenvalue weighted by atomic mass is 9.94. The Kier molecular flexibility index (Phi) is 4.23. The molecule has 4 rings (SSSR count). The minimum atomic E-state index is -0.499. The second-order valence-electron chi connectivity index (χ2n) is 7.06. The van der Waals surface area contributed by atoms with Crippen molar-refractivity contribution in [3.63, 3.8) is 0 Å². The maximum absolute atomic E-state index is 13.1. The SMILES string of the molecule is CC(C)Oc1ccccc1NC(=O)C1(c2ccc3c(c2)OCCO3)CC1. The number of nitrogens with one attached hydrogen (secondary N) is 1. The van der Waals surface area contributed by atoms with Crippen LogP contribution in [0.15, 0.2) is 42.5 Å². The van der Waals surface area contributed by atoms with Gasteiger partial charge in [0.05, 0.1) is 17.2 Å². The van der Waals surface area contributed by atoms with Crippen LogP contribution in [0.25, 0.3) is 0 Å². The molecule has 0 aromatic heterocycles. The summed E-state index contributed by atoms with van der Waals surface area (Å²) in [6.45, 7) is 5.03. The molecular formula is C21H23NO4. The van der Waals surface area contributed by atoms with Crippen molar-refractivity contribution >= 4 is 11.6 Å². The van der Waals surface area contributed by atoms with Gasteiger partial charge in [0.2, 0.25) is 5.91 Å². The molecule has 2 aromatic rings. The Morgan fingerprint density at radius 1 is 1.08 bits per heavy atom. The van der Waals surface area contributed by atoms with Crippen LogP contribution in [0.2, 0.25) is 0 Å². The first-order valence-electron chi connectivity index (χ1n) is 9.06. The van der Waals surface area contributed by atoms with Crippen molar-refractivity contribution in [2.24, 2.45) is 0 Å². The number of amides is 1. The number of ether oxygens (including phenoxy) is 3. The number of hydrogen-bond acceptors (Lipinski definition) is 4. The van der Waals surface area contributed by atoms with E-state index in [-0.39, 0.29) is 12.0 Å². The van der Waals surface area contributed by atoms with E-state index in [0.717, 1.165) is 29.9 Å². The lowest BCUT2D eigenvalue weighted by Gasteiger charge is -2.22.